The van der Waals surface area contributed by atoms with E-state index in [0.717, 1.165) is 5.56 Å². The zero-order valence-electron chi connectivity index (χ0n) is 24.1. The van der Waals surface area contributed by atoms with Crippen LogP contribution < -0.4 is 9.46 Å². The van der Waals surface area contributed by atoms with Gasteiger partial charge in [0.05, 0.1) is 35.4 Å². The largest absolute Gasteiger partial charge is 0.488 e. The molecule has 0 unspecified atom stereocenters. The first-order valence-corrected chi connectivity index (χ1v) is 16.5. The van der Waals surface area contributed by atoms with Crippen molar-refractivity contribution in [2.45, 2.75) is 49.1 Å². The van der Waals surface area contributed by atoms with Gasteiger partial charge in [-0.05, 0) is 56.3 Å². The van der Waals surface area contributed by atoms with Crippen molar-refractivity contribution in [1.29, 1.82) is 0 Å². The molecule has 4 rings (SSSR count). The summed E-state index contributed by atoms with van der Waals surface area (Å²) in [5.41, 5.74) is 1.62. The molecule has 0 fully saturated rings. The Morgan fingerprint density at radius 2 is 1.69 bits per heavy atom. The molecule has 0 saturated carbocycles. The molecule has 1 amide bonds. The van der Waals surface area contributed by atoms with Gasteiger partial charge in [-0.15, -0.1) is 0 Å². The van der Waals surface area contributed by atoms with Crippen molar-refractivity contribution in [2.75, 3.05) is 31.5 Å². The summed E-state index contributed by atoms with van der Waals surface area (Å²) in [6.07, 6.45) is -0.766. The number of rotatable bonds is 9. The number of sulfonamides is 2. The predicted octanol–water partition coefficient (Wildman–Crippen LogP) is 3.27. The topological polar surface area (TPSA) is 133 Å². The third-order valence-corrected chi connectivity index (χ3v) is 10.6. The van der Waals surface area contributed by atoms with Crippen LogP contribution in [0.3, 0.4) is 0 Å². The van der Waals surface area contributed by atoms with Crippen molar-refractivity contribution in [3.8, 4) is 5.75 Å². The molecule has 0 spiro atoms. The van der Waals surface area contributed by atoms with E-state index >= 15 is 0 Å². The maximum Gasteiger partial charge on any atom is 0.261 e. The van der Waals surface area contributed by atoms with Gasteiger partial charge in [-0.3, -0.25) is 9.52 Å². The molecule has 3 aromatic rings. The lowest BCUT2D eigenvalue weighted by Crippen LogP contribution is -2.48. The lowest BCUT2D eigenvalue weighted by atomic mass is 10.0. The minimum absolute atomic E-state index is 0.00522. The third-order valence-electron chi connectivity index (χ3n) is 7.39. The highest BCUT2D eigenvalue weighted by Gasteiger charge is 2.33. The van der Waals surface area contributed by atoms with Gasteiger partial charge in [0.1, 0.15) is 11.9 Å². The van der Waals surface area contributed by atoms with Crippen LogP contribution in [0.1, 0.15) is 25.0 Å². The molecule has 226 valence electrons. The number of aliphatic hydroxyl groups excluding tert-OH is 1. The fourth-order valence-electron chi connectivity index (χ4n) is 4.77. The standard InChI is InChI=1S/C30H37N3O7S2/c1-21-10-13-27(14-11-21)42(38,39)32(4)19-29-22(2)18-33(23(3)20-34)30(35)17-24-16-25(12-15-28(24)40-29)31-41(36,37)26-8-6-5-7-9-26/h5-16,22-23,29,31,34H,17-20H2,1-4H3/t22-,23+,29+/m1/s1. The highest BCUT2D eigenvalue weighted by molar-refractivity contribution is 7.92. The van der Waals surface area contributed by atoms with Gasteiger partial charge in [0.15, 0.2) is 0 Å². The molecule has 0 saturated heterocycles. The summed E-state index contributed by atoms with van der Waals surface area (Å²) < 4.78 is 62.8. The van der Waals surface area contributed by atoms with Crippen LogP contribution >= 0.6 is 0 Å². The Bertz CT molecular complexity index is 1610. The normalized spacial score (nSPS) is 18.8. The summed E-state index contributed by atoms with van der Waals surface area (Å²) in [5, 5.41) is 9.87. The number of hydrogen-bond donors (Lipinski definition) is 2. The summed E-state index contributed by atoms with van der Waals surface area (Å²) in [4.78, 5) is 15.3. The molecule has 10 nitrogen and oxygen atoms in total. The number of carbonyl (C=O) groups excluding carboxylic acids is 1. The summed E-state index contributed by atoms with van der Waals surface area (Å²) >= 11 is 0. The van der Waals surface area contributed by atoms with E-state index in [1.165, 1.54) is 23.5 Å². The van der Waals surface area contributed by atoms with E-state index in [4.69, 9.17) is 4.74 Å². The van der Waals surface area contributed by atoms with Crippen LogP contribution in [0.4, 0.5) is 5.69 Å². The number of nitrogens with one attached hydrogen (secondary N) is 1. The van der Waals surface area contributed by atoms with Crippen molar-refractivity contribution < 1.29 is 31.5 Å². The zero-order chi connectivity index (χ0) is 30.7. The second-order valence-corrected chi connectivity index (χ2v) is 14.5. The number of aliphatic hydroxyl groups is 1. The molecular weight excluding hydrogens is 578 g/mol. The van der Waals surface area contributed by atoms with Gasteiger partial charge in [-0.1, -0.05) is 42.8 Å². The second-order valence-electron chi connectivity index (χ2n) is 10.7. The molecule has 1 aliphatic heterocycles. The minimum Gasteiger partial charge on any atom is -0.488 e. The van der Waals surface area contributed by atoms with Gasteiger partial charge in [0, 0.05) is 30.8 Å². The molecular formula is C30H37N3O7S2. The Balaban J connectivity index is 1.68. The number of fused-ring (bicyclic) bond motifs is 1. The summed E-state index contributed by atoms with van der Waals surface area (Å²) in [7, 11) is -6.22. The minimum atomic E-state index is -3.88. The van der Waals surface area contributed by atoms with E-state index in [0.29, 0.717) is 11.3 Å². The number of amides is 1. The predicted molar refractivity (Wildman–Crippen MR) is 160 cm³/mol. The molecule has 0 bridgehead atoms. The van der Waals surface area contributed by atoms with Gasteiger partial charge in [-0.25, -0.2) is 16.8 Å². The number of hydrogen-bond acceptors (Lipinski definition) is 7. The molecule has 0 aromatic heterocycles. The Hall–Kier alpha value is -3.45. The number of likely N-dealkylation sites (N-methyl/N-ethyl adjacent to an activating group) is 1. The number of nitrogens with zero attached hydrogens (tertiary/aromatic N) is 2. The van der Waals surface area contributed by atoms with Gasteiger partial charge < -0.3 is 14.7 Å². The Kier molecular flexibility index (Phi) is 9.61. The third kappa shape index (κ3) is 7.12. The highest BCUT2D eigenvalue weighted by atomic mass is 32.2. The van der Waals surface area contributed by atoms with E-state index in [2.05, 4.69) is 4.72 Å². The monoisotopic (exact) mass is 615 g/mol. The molecule has 3 atom stereocenters. The fourth-order valence-corrected chi connectivity index (χ4v) is 7.02. The summed E-state index contributed by atoms with van der Waals surface area (Å²) in [6, 6.07) is 18.7. The first kappa shape index (κ1) is 31.5. The van der Waals surface area contributed by atoms with Crippen molar-refractivity contribution in [2.24, 2.45) is 5.92 Å². The molecule has 12 heteroatoms. The van der Waals surface area contributed by atoms with Crippen LogP contribution in [-0.2, 0) is 31.3 Å². The Morgan fingerprint density at radius 1 is 1.02 bits per heavy atom. The molecule has 3 aromatic carbocycles. The zero-order valence-corrected chi connectivity index (χ0v) is 25.7. The van der Waals surface area contributed by atoms with Gasteiger partial charge >= 0.3 is 0 Å². The maximum atomic E-state index is 13.5. The maximum absolute atomic E-state index is 13.5. The lowest BCUT2D eigenvalue weighted by Gasteiger charge is -2.33. The molecule has 2 N–H and O–H groups in total. The molecule has 0 radical (unpaired) electrons. The molecule has 1 heterocycles. The van der Waals surface area contributed by atoms with E-state index in [9.17, 15) is 26.7 Å². The SMILES string of the molecule is Cc1ccc(S(=O)(=O)N(C)C[C@@H]2Oc3ccc(NS(=O)(=O)c4ccccc4)cc3CC(=O)N([C@@H](C)CO)C[C@H]2C)cc1. The molecule has 0 aliphatic carbocycles. The van der Waals surface area contributed by atoms with Crippen LogP contribution in [0, 0.1) is 12.8 Å². The molecule has 42 heavy (non-hydrogen) atoms. The van der Waals surface area contributed by atoms with Gasteiger partial charge in [-0.2, -0.15) is 4.31 Å². The van der Waals surface area contributed by atoms with Crippen LogP contribution in [-0.4, -0.2) is 75.9 Å². The first-order chi connectivity index (χ1) is 19.8. The Morgan fingerprint density at radius 3 is 2.33 bits per heavy atom. The number of aryl methyl sites for hydroxylation is 1. The van der Waals surface area contributed by atoms with Crippen LogP contribution in [0.25, 0.3) is 0 Å². The lowest BCUT2D eigenvalue weighted by molar-refractivity contribution is -0.134. The molecule has 1 aliphatic rings. The summed E-state index contributed by atoms with van der Waals surface area (Å²) in [5.74, 6) is -0.235. The average Bonchev–Trinajstić information content (AvgIpc) is 3.00. The van der Waals surface area contributed by atoms with E-state index in [1.807, 2.05) is 13.8 Å². The van der Waals surface area contributed by atoms with Crippen LogP contribution in [0.2, 0.25) is 0 Å². The first-order valence-electron chi connectivity index (χ1n) is 13.6. The van der Waals surface area contributed by atoms with E-state index < -0.39 is 32.2 Å². The number of carbonyl (C=O) groups is 1. The summed E-state index contributed by atoms with van der Waals surface area (Å²) in [6.45, 7) is 5.45. The van der Waals surface area contributed by atoms with Crippen LogP contribution in [0.5, 0.6) is 5.75 Å². The van der Waals surface area contributed by atoms with Crippen molar-refractivity contribution >= 4 is 31.6 Å². The Labute approximate surface area is 248 Å². The van der Waals surface area contributed by atoms with Crippen molar-refractivity contribution in [1.82, 2.24) is 9.21 Å². The van der Waals surface area contributed by atoms with Gasteiger partial charge in [0.2, 0.25) is 15.9 Å². The quantitative estimate of drug-likeness (QED) is 0.378. The van der Waals surface area contributed by atoms with E-state index in [-0.39, 0.29) is 53.4 Å². The van der Waals surface area contributed by atoms with Gasteiger partial charge in [0.25, 0.3) is 10.0 Å². The highest BCUT2D eigenvalue weighted by Crippen LogP contribution is 2.30. The number of anilines is 1. The van der Waals surface area contributed by atoms with E-state index in [1.54, 1.807) is 72.5 Å². The van der Waals surface area contributed by atoms with Crippen LogP contribution in [0.15, 0.2) is 82.6 Å². The number of ether oxygens (including phenoxy) is 1. The van der Waals surface area contributed by atoms with Crippen molar-refractivity contribution in [3.05, 3.63) is 83.9 Å². The number of benzene rings is 3. The smallest absolute Gasteiger partial charge is 0.261 e. The van der Waals surface area contributed by atoms with Crippen molar-refractivity contribution in [3.63, 3.8) is 0 Å². The fraction of sp³-hybridized carbons (Fsp3) is 0.367. The average molecular weight is 616 g/mol. The second kappa shape index (κ2) is 12.8.